The van der Waals surface area contributed by atoms with Gasteiger partial charge in [-0.3, -0.25) is 4.79 Å². The van der Waals surface area contributed by atoms with Gasteiger partial charge < -0.3 is 9.30 Å². The van der Waals surface area contributed by atoms with Gasteiger partial charge in [0.25, 0.3) is 5.91 Å². The minimum atomic E-state index is -0.214. The fourth-order valence-electron chi connectivity index (χ4n) is 2.75. The van der Waals surface area contributed by atoms with Crippen molar-refractivity contribution in [2.75, 3.05) is 12.9 Å². The molecule has 1 heterocycles. The molecule has 0 radical (unpaired) electrons. The lowest BCUT2D eigenvalue weighted by atomic mass is 10.2. The number of methoxy groups -OCH3 is 1. The first-order chi connectivity index (χ1) is 14.7. The number of para-hydroxylation sites is 1. The van der Waals surface area contributed by atoms with Crippen molar-refractivity contribution < 1.29 is 9.53 Å². The van der Waals surface area contributed by atoms with Crippen LogP contribution in [-0.4, -0.2) is 39.7 Å². The monoisotopic (exact) mass is 421 g/mol. The Hall–Kier alpha value is -3.39. The molecule has 0 atom stereocenters. The fraction of sp³-hybridized carbons (Fsp3) is 0.182. The number of hydrogen-bond acceptors (Lipinski definition) is 6. The van der Waals surface area contributed by atoms with E-state index >= 15 is 0 Å². The number of aromatic nitrogens is 3. The summed E-state index contributed by atoms with van der Waals surface area (Å²) in [6, 6.07) is 17.5. The summed E-state index contributed by atoms with van der Waals surface area (Å²) in [6.45, 7) is 2.74. The van der Waals surface area contributed by atoms with E-state index in [2.05, 4.69) is 20.7 Å². The molecule has 2 aromatic carbocycles. The van der Waals surface area contributed by atoms with Crippen LogP contribution >= 0.6 is 11.8 Å². The molecule has 0 saturated heterocycles. The molecule has 154 valence electrons. The highest BCUT2D eigenvalue weighted by Crippen LogP contribution is 2.23. The Bertz CT molecular complexity index is 1030. The summed E-state index contributed by atoms with van der Waals surface area (Å²) >= 11 is 1.33. The maximum atomic E-state index is 12.1. The molecule has 0 aliphatic heterocycles. The van der Waals surface area contributed by atoms with E-state index in [1.807, 2.05) is 72.2 Å². The van der Waals surface area contributed by atoms with Crippen molar-refractivity contribution in [3.63, 3.8) is 0 Å². The van der Waals surface area contributed by atoms with Crippen LogP contribution in [0.5, 0.6) is 5.75 Å². The van der Waals surface area contributed by atoms with Crippen LogP contribution in [0.4, 0.5) is 0 Å². The van der Waals surface area contributed by atoms with Gasteiger partial charge in [0.15, 0.2) is 11.0 Å². The predicted octanol–water partition coefficient (Wildman–Crippen LogP) is 3.88. The largest absolute Gasteiger partial charge is 0.496 e. The van der Waals surface area contributed by atoms with Crippen LogP contribution in [0.3, 0.4) is 0 Å². The molecule has 1 amide bonds. The molecule has 0 unspecified atom stereocenters. The minimum absolute atomic E-state index is 0.195. The van der Waals surface area contributed by atoms with Crippen molar-refractivity contribution in [2.45, 2.75) is 18.6 Å². The third-order valence-electron chi connectivity index (χ3n) is 4.16. The Morgan fingerprint density at radius 3 is 2.70 bits per heavy atom. The average molecular weight is 422 g/mol. The second-order valence-corrected chi connectivity index (χ2v) is 7.06. The van der Waals surface area contributed by atoms with E-state index < -0.39 is 0 Å². The van der Waals surface area contributed by atoms with Gasteiger partial charge in [-0.15, -0.1) is 10.2 Å². The lowest BCUT2D eigenvalue weighted by Crippen LogP contribution is -2.19. The maximum Gasteiger partial charge on any atom is 0.250 e. The first-order valence-corrected chi connectivity index (χ1v) is 10.4. The number of hydrogen-bond donors (Lipinski definition) is 1. The van der Waals surface area contributed by atoms with Crippen molar-refractivity contribution in [1.82, 2.24) is 20.2 Å². The van der Waals surface area contributed by atoms with E-state index in [4.69, 9.17) is 4.74 Å². The molecular formula is C22H23N5O2S. The van der Waals surface area contributed by atoms with Crippen LogP contribution in [0.1, 0.15) is 12.5 Å². The van der Waals surface area contributed by atoms with Crippen LogP contribution < -0.4 is 10.2 Å². The summed E-state index contributed by atoms with van der Waals surface area (Å²) in [5.74, 6) is 1.55. The zero-order valence-corrected chi connectivity index (χ0v) is 17.7. The number of carbonyl (C=O) groups is 1. The highest BCUT2D eigenvalue weighted by Gasteiger charge is 2.14. The van der Waals surface area contributed by atoms with Crippen molar-refractivity contribution in [3.05, 3.63) is 66.2 Å². The summed E-state index contributed by atoms with van der Waals surface area (Å²) in [4.78, 5) is 12.1. The van der Waals surface area contributed by atoms with Crippen LogP contribution in [0.15, 0.2) is 70.9 Å². The second-order valence-electron chi connectivity index (χ2n) is 6.12. The number of amides is 1. The molecule has 8 heteroatoms. The van der Waals surface area contributed by atoms with Gasteiger partial charge in [-0.1, -0.05) is 60.3 Å². The Morgan fingerprint density at radius 2 is 1.93 bits per heavy atom. The third kappa shape index (κ3) is 5.57. The molecule has 0 fully saturated rings. The van der Waals surface area contributed by atoms with Gasteiger partial charge in [0.2, 0.25) is 0 Å². The standard InChI is InChI=1S/C22H23N5O2S/c1-3-27-21(18-11-5-4-6-12-18)25-26-22(27)30-16-20(28)24-23-15-9-13-17-10-7-8-14-19(17)29-2/h4-15H,3,16H2,1-2H3,(H,24,28)/b13-9+,23-15-. The van der Waals surface area contributed by atoms with Crippen LogP contribution in [-0.2, 0) is 11.3 Å². The second kappa shape index (κ2) is 11.0. The van der Waals surface area contributed by atoms with Crippen LogP contribution in [0.2, 0.25) is 0 Å². The topological polar surface area (TPSA) is 81.4 Å². The Balaban J connectivity index is 1.52. The zero-order chi connectivity index (χ0) is 21.2. The molecule has 3 aromatic rings. The summed E-state index contributed by atoms with van der Waals surface area (Å²) < 4.78 is 7.27. The lowest BCUT2D eigenvalue weighted by molar-refractivity contribution is -0.118. The van der Waals surface area contributed by atoms with E-state index in [0.29, 0.717) is 11.7 Å². The van der Waals surface area contributed by atoms with Gasteiger partial charge in [-0.05, 0) is 25.1 Å². The maximum absolute atomic E-state index is 12.1. The highest BCUT2D eigenvalue weighted by molar-refractivity contribution is 7.99. The van der Waals surface area contributed by atoms with E-state index in [1.165, 1.54) is 18.0 Å². The lowest BCUT2D eigenvalue weighted by Gasteiger charge is -2.06. The molecule has 7 nitrogen and oxygen atoms in total. The molecule has 1 aromatic heterocycles. The summed E-state index contributed by atoms with van der Waals surface area (Å²) in [5, 5.41) is 13.1. The van der Waals surface area contributed by atoms with Crippen LogP contribution in [0, 0.1) is 0 Å². The summed E-state index contributed by atoms with van der Waals surface area (Å²) in [5.41, 5.74) is 4.44. The number of allylic oxidation sites excluding steroid dienone is 1. The van der Waals surface area contributed by atoms with Crippen LogP contribution in [0.25, 0.3) is 17.5 Å². The molecule has 0 saturated carbocycles. The average Bonchev–Trinajstić information content (AvgIpc) is 3.21. The van der Waals surface area contributed by atoms with Crippen molar-refractivity contribution in [3.8, 4) is 17.1 Å². The number of benzene rings is 2. The number of rotatable bonds is 9. The molecule has 0 aliphatic rings. The number of nitrogens with zero attached hydrogens (tertiary/aromatic N) is 4. The normalized spacial score (nSPS) is 11.3. The van der Waals surface area contributed by atoms with Crippen molar-refractivity contribution >= 4 is 30.0 Å². The number of nitrogens with one attached hydrogen (secondary N) is 1. The van der Waals surface area contributed by atoms with Gasteiger partial charge in [0.1, 0.15) is 5.75 Å². The minimum Gasteiger partial charge on any atom is -0.496 e. The Morgan fingerprint density at radius 1 is 1.17 bits per heavy atom. The summed E-state index contributed by atoms with van der Waals surface area (Å²) in [7, 11) is 1.63. The van der Waals surface area contributed by atoms with Gasteiger partial charge >= 0.3 is 0 Å². The number of hydrazone groups is 1. The molecule has 0 bridgehead atoms. The molecule has 30 heavy (non-hydrogen) atoms. The molecular weight excluding hydrogens is 398 g/mol. The first-order valence-electron chi connectivity index (χ1n) is 9.46. The number of ether oxygens (including phenoxy) is 1. The first kappa shape index (κ1) is 21.3. The van der Waals surface area contributed by atoms with E-state index in [0.717, 1.165) is 22.7 Å². The molecule has 1 N–H and O–H groups in total. The summed E-state index contributed by atoms with van der Waals surface area (Å²) in [6.07, 6.45) is 5.13. The van der Waals surface area contributed by atoms with Crippen molar-refractivity contribution in [2.24, 2.45) is 5.10 Å². The smallest absolute Gasteiger partial charge is 0.250 e. The fourth-order valence-corrected chi connectivity index (χ4v) is 3.54. The van der Waals surface area contributed by atoms with E-state index in [-0.39, 0.29) is 11.7 Å². The number of carbonyl (C=O) groups excluding carboxylic acids is 1. The molecule has 0 spiro atoms. The Labute approximate surface area is 179 Å². The molecule has 0 aliphatic carbocycles. The highest BCUT2D eigenvalue weighted by atomic mass is 32.2. The van der Waals surface area contributed by atoms with E-state index in [9.17, 15) is 4.79 Å². The Kier molecular flexibility index (Phi) is 7.79. The van der Waals surface area contributed by atoms with Crippen molar-refractivity contribution in [1.29, 1.82) is 0 Å². The van der Waals surface area contributed by atoms with E-state index in [1.54, 1.807) is 13.2 Å². The third-order valence-corrected chi connectivity index (χ3v) is 5.13. The predicted molar refractivity (Wildman–Crippen MR) is 121 cm³/mol. The zero-order valence-electron chi connectivity index (χ0n) is 16.9. The van der Waals surface area contributed by atoms with Gasteiger partial charge in [0, 0.05) is 23.9 Å². The number of thioether (sulfide) groups is 1. The van der Waals surface area contributed by atoms with Gasteiger partial charge in [0.05, 0.1) is 12.9 Å². The van der Waals surface area contributed by atoms with Gasteiger partial charge in [-0.2, -0.15) is 5.10 Å². The molecule has 3 rings (SSSR count). The SMILES string of the molecule is CCn1c(SCC(=O)N/N=C\C=C\c2ccccc2OC)nnc1-c1ccccc1. The van der Waals surface area contributed by atoms with Gasteiger partial charge in [-0.25, -0.2) is 5.43 Å². The quantitative estimate of drug-likeness (QED) is 0.322.